The number of methoxy groups -OCH3 is 1. The van der Waals surface area contributed by atoms with Gasteiger partial charge in [-0.3, -0.25) is 9.52 Å². The Hall–Kier alpha value is -2.93. The highest BCUT2D eigenvalue weighted by molar-refractivity contribution is 7.92. The van der Waals surface area contributed by atoms with Crippen LogP contribution in [0.3, 0.4) is 0 Å². The van der Waals surface area contributed by atoms with Crippen LogP contribution in [0.4, 0.5) is 33.3 Å². The summed E-state index contributed by atoms with van der Waals surface area (Å²) >= 11 is 0. The summed E-state index contributed by atoms with van der Waals surface area (Å²) in [7, 11) is -4.00. The Morgan fingerprint density at radius 1 is 1.03 bits per heavy atom. The van der Waals surface area contributed by atoms with Gasteiger partial charge in [0.1, 0.15) is 5.75 Å². The molecule has 0 aliphatic carbocycles. The number of sulfonamides is 1. The lowest BCUT2D eigenvalue weighted by Crippen LogP contribution is -2.32. The zero-order valence-corrected chi connectivity index (χ0v) is 15.6. The quantitative estimate of drug-likeness (QED) is 0.364. The zero-order valence-electron chi connectivity index (χ0n) is 14.8. The third kappa shape index (κ3) is 4.40. The van der Waals surface area contributed by atoms with Crippen molar-refractivity contribution in [1.29, 1.82) is 0 Å². The van der Waals surface area contributed by atoms with Crippen molar-refractivity contribution >= 4 is 27.3 Å². The van der Waals surface area contributed by atoms with Crippen LogP contribution in [0.25, 0.3) is 0 Å². The van der Waals surface area contributed by atoms with E-state index >= 15 is 0 Å². The van der Waals surface area contributed by atoms with E-state index in [1.54, 1.807) is 4.72 Å². The molecule has 0 radical (unpaired) electrons. The summed E-state index contributed by atoms with van der Waals surface area (Å²) in [5, 5.41) is 2.33. The smallest absolute Gasteiger partial charge is 0.267 e. The highest BCUT2D eigenvalue weighted by Crippen LogP contribution is 2.31. The molecule has 7 nitrogen and oxygen atoms in total. The highest BCUT2D eigenvalue weighted by Gasteiger charge is 2.33. The van der Waals surface area contributed by atoms with Crippen molar-refractivity contribution in [3.63, 3.8) is 0 Å². The van der Waals surface area contributed by atoms with Gasteiger partial charge < -0.3 is 15.8 Å². The number of amides is 1. The van der Waals surface area contributed by atoms with Crippen LogP contribution in [0.1, 0.15) is 6.92 Å². The van der Waals surface area contributed by atoms with Gasteiger partial charge in [-0.2, -0.15) is 0 Å². The maximum atomic E-state index is 13.8. The molecule has 13 heteroatoms. The first-order valence-corrected chi connectivity index (χ1v) is 9.17. The lowest BCUT2D eigenvalue weighted by molar-refractivity contribution is -0.117. The predicted octanol–water partition coefficient (Wildman–Crippen LogP) is 2.48. The molecule has 0 spiro atoms. The van der Waals surface area contributed by atoms with Gasteiger partial charge in [-0.25, -0.2) is 30.4 Å². The summed E-state index contributed by atoms with van der Waals surface area (Å²) in [5.74, 6) is -12.9. The summed E-state index contributed by atoms with van der Waals surface area (Å²) < 4.78 is 98.6. The number of nitrogens with one attached hydrogen (secondary N) is 2. The second kappa shape index (κ2) is 8.21. The molecule has 0 aliphatic rings. The summed E-state index contributed by atoms with van der Waals surface area (Å²) in [6.45, 7) is 1.37. The first-order chi connectivity index (χ1) is 13.4. The Morgan fingerprint density at radius 2 is 1.55 bits per heavy atom. The van der Waals surface area contributed by atoms with Gasteiger partial charge in [-0.15, -0.1) is 0 Å². The van der Waals surface area contributed by atoms with Crippen LogP contribution in [-0.2, 0) is 14.8 Å². The molecule has 0 heterocycles. The maximum absolute atomic E-state index is 13.8. The average Bonchev–Trinajstić information content (AvgIpc) is 2.64. The molecule has 2 aromatic rings. The minimum atomic E-state index is -5.24. The van der Waals surface area contributed by atoms with E-state index in [4.69, 9.17) is 10.5 Å². The van der Waals surface area contributed by atoms with Crippen molar-refractivity contribution in [2.45, 2.75) is 17.9 Å². The molecular formula is C16H14F5N3O4S. The molecule has 1 atom stereocenters. The van der Waals surface area contributed by atoms with Crippen LogP contribution in [0, 0.1) is 29.1 Å². The second-order valence-corrected chi connectivity index (χ2v) is 7.32. The van der Waals surface area contributed by atoms with E-state index in [9.17, 15) is 35.2 Å². The Balaban J connectivity index is 2.50. The molecule has 0 fully saturated rings. The van der Waals surface area contributed by atoms with Crippen LogP contribution < -0.4 is 20.5 Å². The van der Waals surface area contributed by atoms with Crippen molar-refractivity contribution in [2.24, 2.45) is 5.73 Å². The summed E-state index contributed by atoms with van der Waals surface area (Å²) in [6.07, 6.45) is 0. The van der Waals surface area contributed by atoms with Crippen molar-refractivity contribution in [2.75, 3.05) is 17.1 Å². The van der Waals surface area contributed by atoms with Gasteiger partial charge in [0, 0.05) is 0 Å². The van der Waals surface area contributed by atoms with Crippen molar-refractivity contribution in [3.8, 4) is 5.75 Å². The topological polar surface area (TPSA) is 111 Å². The third-order valence-corrected chi connectivity index (χ3v) is 4.96. The highest BCUT2D eigenvalue weighted by atomic mass is 32.2. The van der Waals surface area contributed by atoms with E-state index in [0.717, 1.165) is 12.1 Å². The molecule has 2 rings (SSSR count). The fourth-order valence-corrected chi connectivity index (χ4v) is 3.33. The van der Waals surface area contributed by atoms with Gasteiger partial charge in [-0.1, -0.05) is 0 Å². The molecular weight excluding hydrogens is 425 g/mol. The number of nitrogens with two attached hydrogens (primary N) is 1. The molecule has 4 N–H and O–H groups in total. The van der Waals surface area contributed by atoms with E-state index in [-0.39, 0.29) is 17.1 Å². The monoisotopic (exact) mass is 439 g/mol. The number of ether oxygens (including phenoxy) is 1. The predicted molar refractivity (Wildman–Crippen MR) is 92.3 cm³/mol. The first-order valence-electron chi connectivity index (χ1n) is 7.69. The van der Waals surface area contributed by atoms with Gasteiger partial charge >= 0.3 is 0 Å². The third-order valence-electron chi connectivity index (χ3n) is 3.56. The van der Waals surface area contributed by atoms with Crippen molar-refractivity contribution < 1.29 is 39.9 Å². The van der Waals surface area contributed by atoms with Crippen LogP contribution in [-0.4, -0.2) is 27.5 Å². The second-order valence-electron chi connectivity index (χ2n) is 5.70. The van der Waals surface area contributed by atoms with Crippen LogP contribution in [0.2, 0.25) is 0 Å². The number of carbonyl (C=O) groups excluding carboxylic acids is 1. The summed E-state index contributed by atoms with van der Waals surface area (Å²) in [5.41, 5.74) is 4.99. The van der Waals surface area contributed by atoms with E-state index in [2.05, 4.69) is 5.32 Å². The number of hydrogen-bond donors (Lipinski definition) is 3. The van der Waals surface area contributed by atoms with Gasteiger partial charge in [0.25, 0.3) is 10.0 Å². The van der Waals surface area contributed by atoms with Crippen LogP contribution in [0.15, 0.2) is 23.1 Å². The van der Waals surface area contributed by atoms with Crippen LogP contribution in [0.5, 0.6) is 5.75 Å². The van der Waals surface area contributed by atoms with Gasteiger partial charge in [-0.05, 0) is 25.1 Å². The Labute approximate surface area is 161 Å². The number of rotatable bonds is 6. The minimum absolute atomic E-state index is 0.0626. The standard InChI is InChI=1S/C16H14F5N3O4S/c1-6(22)16(25)23-8-5-7(3-4-9(8)28-2)24-29(26,27)15-13(20)11(18)10(17)12(19)14(15)21/h3-6,24H,22H2,1-2H3,(H,23,25)/t6-/m1/s1. The molecule has 0 saturated carbocycles. The summed E-state index contributed by atoms with van der Waals surface area (Å²) in [6, 6.07) is 2.33. The molecule has 29 heavy (non-hydrogen) atoms. The molecule has 2 aromatic carbocycles. The molecule has 0 aliphatic heterocycles. The van der Waals surface area contributed by atoms with Gasteiger partial charge in [0.2, 0.25) is 11.7 Å². The van der Waals surface area contributed by atoms with Crippen molar-refractivity contribution in [1.82, 2.24) is 0 Å². The van der Waals surface area contributed by atoms with Crippen molar-refractivity contribution in [3.05, 3.63) is 47.3 Å². The lowest BCUT2D eigenvalue weighted by Gasteiger charge is -2.15. The fourth-order valence-electron chi connectivity index (χ4n) is 2.14. The molecule has 1 amide bonds. The first kappa shape index (κ1) is 22.4. The number of benzene rings is 2. The van der Waals surface area contributed by atoms with Crippen LogP contribution >= 0.6 is 0 Å². The van der Waals surface area contributed by atoms with Gasteiger partial charge in [0.15, 0.2) is 28.2 Å². The minimum Gasteiger partial charge on any atom is -0.495 e. The van der Waals surface area contributed by atoms with E-state index in [1.807, 2.05) is 0 Å². The normalized spacial score (nSPS) is 12.4. The number of anilines is 2. The molecule has 0 bridgehead atoms. The molecule has 0 aromatic heterocycles. The van der Waals surface area contributed by atoms with E-state index in [0.29, 0.717) is 0 Å². The zero-order chi connectivity index (χ0) is 22.1. The SMILES string of the molecule is COc1ccc(NS(=O)(=O)c2c(F)c(F)c(F)c(F)c2F)cc1NC(=O)[C@@H](C)N. The Kier molecular flexibility index (Phi) is 6.33. The fraction of sp³-hybridized carbons (Fsp3) is 0.188. The average molecular weight is 439 g/mol. The largest absolute Gasteiger partial charge is 0.495 e. The Morgan fingerprint density at radius 3 is 2.03 bits per heavy atom. The molecule has 158 valence electrons. The van der Waals surface area contributed by atoms with E-state index in [1.165, 1.54) is 20.1 Å². The molecule has 0 unspecified atom stereocenters. The van der Waals surface area contributed by atoms with E-state index < -0.39 is 56.0 Å². The summed E-state index contributed by atoms with van der Waals surface area (Å²) in [4.78, 5) is 9.70. The number of carbonyl (C=O) groups is 1. The number of hydrogen-bond acceptors (Lipinski definition) is 5. The number of halogens is 5. The van der Waals surface area contributed by atoms with Gasteiger partial charge in [0.05, 0.1) is 24.5 Å². The lowest BCUT2D eigenvalue weighted by atomic mass is 10.2. The maximum Gasteiger partial charge on any atom is 0.267 e. The molecule has 0 saturated heterocycles. The Bertz CT molecular complexity index is 1050.